The number of methoxy groups -OCH3 is 2. The number of hydrogen-bond acceptors (Lipinski definition) is 6. The molecule has 0 aromatic rings. The Bertz CT molecular complexity index is 231. The maximum absolute atomic E-state index is 10.8. The summed E-state index contributed by atoms with van der Waals surface area (Å²) < 4.78 is 14.5. The van der Waals surface area contributed by atoms with Crippen LogP contribution >= 0.6 is 0 Å². The maximum atomic E-state index is 10.8. The first-order chi connectivity index (χ1) is 7.02. The molecule has 15 heavy (non-hydrogen) atoms. The van der Waals surface area contributed by atoms with Crippen molar-refractivity contribution < 1.29 is 34.3 Å². The molecule has 3 unspecified atom stereocenters. The summed E-state index contributed by atoms with van der Waals surface area (Å²) in [6, 6.07) is 0. The Kier molecular flexibility index (Phi) is 4.00. The van der Waals surface area contributed by atoms with Crippen LogP contribution < -0.4 is 0 Å². The van der Waals surface area contributed by atoms with Crippen LogP contribution in [-0.2, 0) is 19.0 Å². The molecule has 0 spiro atoms. The summed E-state index contributed by atoms with van der Waals surface area (Å²) in [5.41, 5.74) is 0. The Morgan fingerprint density at radius 2 is 1.73 bits per heavy atom. The molecule has 1 rings (SSSR count). The molecule has 0 radical (unpaired) electrons. The highest BCUT2D eigenvalue weighted by Crippen LogP contribution is 2.24. The van der Waals surface area contributed by atoms with Crippen molar-refractivity contribution in [3.8, 4) is 0 Å². The normalized spacial score (nSPS) is 41.5. The van der Waals surface area contributed by atoms with Crippen molar-refractivity contribution in [2.75, 3.05) is 14.2 Å². The molecule has 0 amide bonds. The monoisotopic (exact) mass is 222 g/mol. The predicted molar refractivity (Wildman–Crippen MR) is 46.1 cm³/mol. The van der Waals surface area contributed by atoms with E-state index in [1.807, 2.05) is 0 Å². The highest BCUT2D eigenvalue weighted by atomic mass is 16.7. The van der Waals surface area contributed by atoms with Crippen molar-refractivity contribution in [2.24, 2.45) is 0 Å². The van der Waals surface area contributed by atoms with Crippen molar-refractivity contribution in [3.05, 3.63) is 0 Å². The highest BCUT2D eigenvalue weighted by Gasteiger charge is 2.48. The van der Waals surface area contributed by atoms with E-state index in [4.69, 9.17) is 19.3 Å². The number of carboxylic acid groups (broad SMARTS) is 1. The lowest BCUT2D eigenvalue weighted by atomic mass is 9.98. The van der Waals surface area contributed by atoms with E-state index in [-0.39, 0.29) is 0 Å². The van der Waals surface area contributed by atoms with Gasteiger partial charge in [-0.3, -0.25) is 0 Å². The molecule has 7 heteroatoms. The largest absolute Gasteiger partial charge is 0.479 e. The first kappa shape index (κ1) is 12.3. The number of aliphatic carboxylic acids is 1. The van der Waals surface area contributed by atoms with Gasteiger partial charge in [-0.25, -0.2) is 4.79 Å². The standard InChI is InChI=1S/C8H14O7/c1-13-4-3(9)8(12)15-6(7(10)11)5(4)14-2/h3-6,8-9,12H,1-2H3,(H,10,11)/t3?,4?,5-,6?,8+/m0/s1. The molecule has 0 bridgehead atoms. The van der Waals surface area contributed by atoms with Crippen LogP contribution in [0.5, 0.6) is 0 Å². The van der Waals surface area contributed by atoms with Crippen LogP contribution in [0.1, 0.15) is 0 Å². The van der Waals surface area contributed by atoms with E-state index in [1.165, 1.54) is 14.2 Å². The first-order valence-electron chi connectivity index (χ1n) is 4.33. The second-order valence-electron chi connectivity index (χ2n) is 3.18. The third kappa shape index (κ3) is 2.27. The Hall–Kier alpha value is -0.730. The number of aliphatic hydroxyl groups excluding tert-OH is 2. The maximum Gasteiger partial charge on any atom is 0.335 e. The molecule has 3 N–H and O–H groups in total. The number of aliphatic hydroxyl groups is 2. The first-order valence-corrected chi connectivity index (χ1v) is 4.33. The topological polar surface area (TPSA) is 105 Å². The molecule has 1 aliphatic rings. The van der Waals surface area contributed by atoms with Crippen LogP contribution in [0.2, 0.25) is 0 Å². The molecule has 0 aliphatic carbocycles. The Morgan fingerprint density at radius 3 is 2.13 bits per heavy atom. The second-order valence-corrected chi connectivity index (χ2v) is 3.18. The fraction of sp³-hybridized carbons (Fsp3) is 0.875. The van der Waals surface area contributed by atoms with Crippen LogP contribution in [-0.4, -0.2) is 66.2 Å². The summed E-state index contributed by atoms with van der Waals surface area (Å²) in [4.78, 5) is 10.8. The molecule has 88 valence electrons. The summed E-state index contributed by atoms with van der Waals surface area (Å²) in [6.45, 7) is 0. The zero-order valence-electron chi connectivity index (χ0n) is 8.36. The second kappa shape index (κ2) is 4.86. The van der Waals surface area contributed by atoms with Crippen molar-refractivity contribution in [3.63, 3.8) is 0 Å². The van der Waals surface area contributed by atoms with Crippen LogP contribution in [0.15, 0.2) is 0 Å². The van der Waals surface area contributed by atoms with Gasteiger partial charge in [0, 0.05) is 14.2 Å². The lowest BCUT2D eigenvalue weighted by molar-refractivity contribution is -0.287. The molecule has 5 atom stereocenters. The molecule has 1 aliphatic heterocycles. The van der Waals surface area contributed by atoms with Gasteiger partial charge in [0.15, 0.2) is 12.4 Å². The van der Waals surface area contributed by atoms with Crippen molar-refractivity contribution in [1.29, 1.82) is 0 Å². The zero-order valence-corrected chi connectivity index (χ0v) is 8.36. The summed E-state index contributed by atoms with van der Waals surface area (Å²) in [5, 5.41) is 27.5. The van der Waals surface area contributed by atoms with Gasteiger partial charge in [-0.05, 0) is 0 Å². The number of carbonyl (C=O) groups is 1. The molecule has 1 heterocycles. The quantitative estimate of drug-likeness (QED) is 0.516. The Morgan fingerprint density at radius 1 is 1.20 bits per heavy atom. The molecular weight excluding hydrogens is 208 g/mol. The van der Waals surface area contributed by atoms with E-state index in [0.29, 0.717) is 0 Å². The smallest absolute Gasteiger partial charge is 0.335 e. The lowest BCUT2D eigenvalue weighted by Gasteiger charge is -2.39. The average molecular weight is 222 g/mol. The van der Waals surface area contributed by atoms with Gasteiger partial charge in [0.1, 0.15) is 18.3 Å². The van der Waals surface area contributed by atoms with Gasteiger partial charge in [0.2, 0.25) is 0 Å². The van der Waals surface area contributed by atoms with Gasteiger partial charge in [-0.1, -0.05) is 0 Å². The zero-order chi connectivity index (χ0) is 11.6. The number of hydrogen-bond donors (Lipinski definition) is 3. The third-order valence-electron chi connectivity index (χ3n) is 2.32. The van der Waals surface area contributed by atoms with Crippen LogP contribution in [0.25, 0.3) is 0 Å². The molecule has 0 saturated carbocycles. The summed E-state index contributed by atoms with van der Waals surface area (Å²) in [5.74, 6) is -1.28. The Labute approximate surface area is 86.2 Å². The van der Waals surface area contributed by atoms with Gasteiger partial charge < -0.3 is 29.5 Å². The molecule has 1 saturated heterocycles. The van der Waals surface area contributed by atoms with Gasteiger partial charge in [0.05, 0.1) is 0 Å². The van der Waals surface area contributed by atoms with Crippen LogP contribution in [0, 0.1) is 0 Å². The molecule has 7 nitrogen and oxygen atoms in total. The van der Waals surface area contributed by atoms with Gasteiger partial charge >= 0.3 is 5.97 Å². The average Bonchev–Trinajstić information content (AvgIpc) is 2.20. The fourth-order valence-electron chi connectivity index (χ4n) is 1.57. The predicted octanol–water partition coefficient (Wildman–Crippen LogP) is -1.82. The highest BCUT2D eigenvalue weighted by molar-refractivity contribution is 5.73. The van der Waals surface area contributed by atoms with Gasteiger partial charge in [-0.2, -0.15) is 0 Å². The fourth-order valence-corrected chi connectivity index (χ4v) is 1.57. The SMILES string of the molecule is COC1C(O)[C@H](O)OC(C(=O)O)[C@H]1OC. The summed E-state index contributed by atoms with van der Waals surface area (Å²) >= 11 is 0. The van der Waals surface area contributed by atoms with E-state index >= 15 is 0 Å². The minimum atomic E-state index is -1.59. The van der Waals surface area contributed by atoms with Gasteiger partial charge in [0.25, 0.3) is 0 Å². The third-order valence-corrected chi connectivity index (χ3v) is 2.32. The van der Waals surface area contributed by atoms with Crippen LogP contribution in [0.4, 0.5) is 0 Å². The lowest BCUT2D eigenvalue weighted by Crippen LogP contribution is -2.60. The summed E-state index contributed by atoms with van der Waals surface area (Å²) in [7, 11) is 2.57. The minimum Gasteiger partial charge on any atom is -0.479 e. The molecule has 0 aromatic carbocycles. The summed E-state index contributed by atoms with van der Waals surface area (Å²) in [6.07, 6.45) is -6.21. The van der Waals surface area contributed by atoms with E-state index in [9.17, 15) is 15.0 Å². The number of ether oxygens (including phenoxy) is 3. The minimum absolute atomic E-state index is 0.945. The molecule has 0 aromatic heterocycles. The van der Waals surface area contributed by atoms with Crippen molar-refractivity contribution in [1.82, 2.24) is 0 Å². The van der Waals surface area contributed by atoms with Crippen molar-refractivity contribution in [2.45, 2.75) is 30.7 Å². The molecular formula is C8H14O7. The van der Waals surface area contributed by atoms with E-state index < -0.39 is 36.7 Å². The Balaban J connectivity index is 2.87. The number of carboxylic acids is 1. The van der Waals surface area contributed by atoms with E-state index in [2.05, 4.69) is 0 Å². The van der Waals surface area contributed by atoms with E-state index in [1.54, 1.807) is 0 Å². The van der Waals surface area contributed by atoms with E-state index in [0.717, 1.165) is 0 Å². The number of rotatable bonds is 3. The van der Waals surface area contributed by atoms with Crippen molar-refractivity contribution >= 4 is 5.97 Å². The van der Waals surface area contributed by atoms with Gasteiger partial charge in [-0.15, -0.1) is 0 Å². The van der Waals surface area contributed by atoms with Crippen LogP contribution in [0.3, 0.4) is 0 Å². The molecule has 1 fully saturated rings.